The van der Waals surface area contributed by atoms with Gasteiger partial charge in [-0.3, -0.25) is 14.5 Å². The molecular formula is C18H24F3N3O3. The minimum atomic E-state index is -4.38. The molecule has 1 N–H and O–H groups in total. The molecule has 1 saturated heterocycles. The van der Waals surface area contributed by atoms with E-state index >= 15 is 0 Å². The third kappa shape index (κ3) is 8.40. The zero-order valence-electron chi connectivity index (χ0n) is 15.0. The van der Waals surface area contributed by atoms with Gasteiger partial charge in [-0.15, -0.1) is 0 Å². The van der Waals surface area contributed by atoms with E-state index in [1.54, 1.807) is 4.90 Å². The summed E-state index contributed by atoms with van der Waals surface area (Å²) in [5.74, 6) is -0.315. The smallest absolute Gasteiger partial charge is 0.372 e. The number of nitrogens with zero attached hydrogens (tertiary/aromatic N) is 2. The molecule has 1 aromatic carbocycles. The van der Waals surface area contributed by atoms with Crippen LogP contribution in [0, 0.1) is 0 Å². The average Bonchev–Trinajstić information content (AvgIpc) is 2.64. The number of nitrogens with one attached hydrogen (secondary N) is 1. The van der Waals surface area contributed by atoms with Crippen molar-refractivity contribution in [3.05, 3.63) is 35.9 Å². The van der Waals surface area contributed by atoms with Crippen LogP contribution in [0.15, 0.2) is 30.3 Å². The van der Waals surface area contributed by atoms with Crippen LogP contribution in [-0.2, 0) is 20.9 Å². The molecule has 0 atom stereocenters. The maximum absolute atomic E-state index is 12.0. The number of ether oxygens (including phenoxy) is 1. The monoisotopic (exact) mass is 387 g/mol. The van der Waals surface area contributed by atoms with Crippen molar-refractivity contribution in [3.8, 4) is 0 Å². The van der Waals surface area contributed by atoms with Gasteiger partial charge in [-0.2, -0.15) is 13.2 Å². The fourth-order valence-electron chi connectivity index (χ4n) is 2.72. The number of rotatable bonds is 8. The topological polar surface area (TPSA) is 61.9 Å². The van der Waals surface area contributed by atoms with Gasteiger partial charge < -0.3 is 15.0 Å². The van der Waals surface area contributed by atoms with Crippen LogP contribution < -0.4 is 5.32 Å². The van der Waals surface area contributed by atoms with Crippen LogP contribution >= 0.6 is 0 Å². The molecule has 0 aliphatic carbocycles. The first kappa shape index (κ1) is 21.2. The number of piperazine rings is 1. The first-order valence-corrected chi connectivity index (χ1v) is 8.79. The van der Waals surface area contributed by atoms with Crippen LogP contribution in [0.4, 0.5) is 13.2 Å². The molecule has 0 bridgehead atoms. The van der Waals surface area contributed by atoms with E-state index in [4.69, 9.17) is 0 Å². The Hall–Kier alpha value is -2.13. The normalized spacial score (nSPS) is 15.6. The number of amides is 2. The van der Waals surface area contributed by atoms with Crippen LogP contribution in [0.2, 0.25) is 0 Å². The third-order valence-corrected chi connectivity index (χ3v) is 4.15. The average molecular weight is 387 g/mol. The lowest BCUT2D eigenvalue weighted by Crippen LogP contribution is -2.51. The van der Waals surface area contributed by atoms with Gasteiger partial charge in [0.1, 0.15) is 6.61 Å². The van der Waals surface area contributed by atoms with E-state index in [0.717, 1.165) is 5.56 Å². The number of benzene rings is 1. The van der Waals surface area contributed by atoms with Crippen molar-refractivity contribution in [1.29, 1.82) is 0 Å². The molecule has 27 heavy (non-hydrogen) atoms. The van der Waals surface area contributed by atoms with E-state index in [1.807, 2.05) is 35.2 Å². The van der Waals surface area contributed by atoms with Crippen molar-refractivity contribution in [2.24, 2.45) is 0 Å². The summed E-state index contributed by atoms with van der Waals surface area (Å²) in [6.07, 6.45) is -4.45. The fourth-order valence-corrected chi connectivity index (χ4v) is 2.72. The van der Waals surface area contributed by atoms with E-state index in [9.17, 15) is 22.8 Å². The molecule has 0 unspecified atom stereocenters. The van der Waals surface area contributed by atoms with Gasteiger partial charge in [-0.1, -0.05) is 30.3 Å². The van der Waals surface area contributed by atoms with Gasteiger partial charge in [0.2, 0.25) is 11.8 Å². The van der Waals surface area contributed by atoms with E-state index < -0.39 is 12.8 Å². The largest absolute Gasteiger partial charge is 0.411 e. The molecule has 2 rings (SSSR count). The molecule has 1 aliphatic rings. The lowest BCUT2D eigenvalue weighted by molar-refractivity contribution is -0.175. The standard InChI is InChI=1S/C18H24F3N3O3/c19-18(20,21)14-27-11-6-17(26)24-9-7-23(8-10-24)13-16(25)22-12-15-4-2-1-3-5-15/h1-5H,6-14H2,(H,22,25). The summed E-state index contributed by atoms with van der Waals surface area (Å²) in [6, 6.07) is 9.60. The molecule has 0 aromatic heterocycles. The molecule has 0 saturated carbocycles. The molecule has 0 radical (unpaired) electrons. The maximum Gasteiger partial charge on any atom is 0.411 e. The molecule has 1 fully saturated rings. The van der Waals surface area contributed by atoms with E-state index in [0.29, 0.717) is 32.7 Å². The number of halogens is 3. The number of alkyl halides is 3. The lowest BCUT2D eigenvalue weighted by atomic mass is 10.2. The highest BCUT2D eigenvalue weighted by Gasteiger charge is 2.28. The first-order valence-electron chi connectivity index (χ1n) is 8.79. The fraction of sp³-hybridized carbons (Fsp3) is 0.556. The van der Waals surface area contributed by atoms with Crippen LogP contribution in [0.3, 0.4) is 0 Å². The Morgan fingerprint density at radius 2 is 1.74 bits per heavy atom. The van der Waals surface area contributed by atoms with Crippen molar-refractivity contribution in [3.63, 3.8) is 0 Å². The summed E-state index contributed by atoms with van der Waals surface area (Å²) in [6.45, 7) is 1.13. The van der Waals surface area contributed by atoms with Crippen LogP contribution in [0.25, 0.3) is 0 Å². The SMILES string of the molecule is O=C(CN1CCN(C(=O)CCOCC(F)(F)F)CC1)NCc1ccccc1. The third-order valence-electron chi connectivity index (χ3n) is 4.15. The second kappa shape index (κ2) is 10.3. The highest BCUT2D eigenvalue weighted by molar-refractivity contribution is 5.78. The number of hydrogen-bond donors (Lipinski definition) is 1. The Morgan fingerprint density at radius 3 is 2.37 bits per heavy atom. The van der Waals surface area contributed by atoms with Gasteiger partial charge in [-0.25, -0.2) is 0 Å². The number of carbonyl (C=O) groups excluding carboxylic acids is 2. The molecule has 1 aliphatic heterocycles. The van der Waals surface area contributed by atoms with Crippen molar-refractivity contribution in [2.75, 3.05) is 45.9 Å². The van der Waals surface area contributed by atoms with Gasteiger partial charge in [0.25, 0.3) is 0 Å². The van der Waals surface area contributed by atoms with Crippen molar-refractivity contribution in [2.45, 2.75) is 19.1 Å². The van der Waals surface area contributed by atoms with Crippen LogP contribution in [0.1, 0.15) is 12.0 Å². The quantitative estimate of drug-likeness (QED) is 0.686. The highest BCUT2D eigenvalue weighted by Crippen LogP contribution is 2.14. The van der Waals surface area contributed by atoms with Gasteiger partial charge in [0.05, 0.1) is 19.6 Å². The molecule has 6 nitrogen and oxygen atoms in total. The predicted molar refractivity (Wildman–Crippen MR) is 92.8 cm³/mol. The van der Waals surface area contributed by atoms with Gasteiger partial charge in [-0.05, 0) is 5.56 Å². The van der Waals surface area contributed by atoms with E-state index in [-0.39, 0.29) is 31.4 Å². The Bertz CT molecular complexity index is 603. The summed E-state index contributed by atoms with van der Waals surface area (Å²) in [5, 5.41) is 2.86. The Morgan fingerprint density at radius 1 is 1.07 bits per heavy atom. The summed E-state index contributed by atoms with van der Waals surface area (Å²) in [5.41, 5.74) is 1.02. The maximum atomic E-state index is 12.0. The van der Waals surface area contributed by atoms with E-state index in [2.05, 4.69) is 10.1 Å². The number of carbonyl (C=O) groups is 2. The molecule has 9 heteroatoms. The minimum Gasteiger partial charge on any atom is -0.372 e. The highest BCUT2D eigenvalue weighted by atomic mass is 19.4. The lowest BCUT2D eigenvalue weighted by Gasteiger charge is -2.34. The Labute approximate surface area is 156 Å². The van der Waals surface area contributed by atoms with Gasteiger partial charge >= 0.3 is 6.18 Å². The predicted octanol–water partition coefficient (Wildman–Crippen LogP) is 1.42. The molecule has 0 spiro atoms. The second-order valence-electron chi connectivity index (χ2n) is 6.34. The summed E-state index contributed by atoms with van der Waals surface area (Å²) in [7, 11) is 0. The van der Waals surface area contributed by atoms with Crippen LogP contribution in [0.5, 0.6) is 0 Å². The molecule has 1 aromatic rings. The first-order chi connectivity index (χ1) is 12.8. The van der Waals surface area contributed by atoms with Gasteiger partial charge in [0.15, 0.2) is 0 Å². The molecule has 2 amide bonds. The zero-order valence-corrected chi connectivity index (χ0v) is 15.0. The van der Waals surface area contributed by atoms with E-state index in [1.165, 1.54) is 0 Å². The molecule has 150 valence electrons. The van der Waals surface area contributed by atoms with Crippen molar-refractivity contribution < 1.29 is 27.5 Å². The Kier molecular flexibility index (Phi) is 8.05. The number of hydrogen-bond acceptors (Lipinski definition) is 4. The summed E-state index contributed by atoms with van der Waals surface area (Å²) < 4.78 is 40.4. The van der Waals surface area contributed by atoms with Crippen molar-refractivity contribution in [1.82, 2.24) is 15.1 Å². The molecular weight excluding hydrogens is 363 g/mol. The van der Waals surface area contributed by atoms with Crippen molar-refractivity contribution >= 4 is 11.8 Å². The zero-order chi connectivity index (χ0) is 19.7. The summed E-state index contributed by atoms with van der Waals surface area (Å²) >= 11 is 0. The van der Waals surface area contributed by atoms with Gasteiger partial charge in [0, 0.05) is 32.7 Å². The minimum absolute atomic E-state index is 0.0758. The second-order valence-corrected chi connectivity index (χ2v) is 6.34. The van der Waals surface area contributed by atoms with Crippen LogP contribution in [-0.4, -0.2) is 73.7 Å². The Balaban J connectivity index is 1.60. The molecule has 1 heterocycles. The summed E-state index contributed by atoms with van der Waals surface area (Å²) in [4.78, 5) is 27.5.